The van der Waals surface area contributed by atoms with E-state index in [1.54, 1.807) is 13.2 Å². The summed E-state index contributed by atoms with van der Waals surface area (Å²) < 4.78 is 10.6. The maximum absolute atomic E-state index is 12.0. The van der Waals surface area contributed by atoms with Crippen LogP contribution in [0.1, 0.15) is 11.1 Å². The lowest BCUT2D eigenvalue weighted by atomic mass is 10.0. The van der Waals surface area contributed by atoms with Crippen LogP contribution in [-0.2, 0) is 27.4 Å². The third-order valence-corrected chi connectivity index (χ3v) is 3.64. The molecule has 0 saturated heterocycles. The molecule has 0 spiro atoms. The van der Waals surface area contributed by atoms with E-state index in [2.05, 4.69) is 5.32 Å². The Kier molecular flexibility index (Phi) is 6.98. The maximum Gasteiger partial charge on any atom is 0.246 e. The minimum atomic E-state index is -0.830. The van der Waals surface area contributed by atoms with Gasteiger partial charge in [-0.25, -0.2) is 0 Å². The number of nitrogens with two attached hydrogens (primary N) is 1. The Balaban J connectivity index is 1.88. The van der Waals surface area contributed by atoms with Crippen LogP contribution in [0.15, 0.2) is 54.6 Å². The normalized spacial score (nSPS) is 11.6. The third kappa shape index (κ3) is 5.93. The molecule has 0 aromatic heterocycles. The number of carbonyl (C=O) groups excluding carboxylic acids is 2. The average molecular weight is 342 g/mol. The van der Waals surface area contributed by atoms with Crippen molar-refractivity contribution in [3.05, 3.63) is 65.7 Å². The zero-order chi connectivity index (χ0) is 18.1. The molecule has 2 aromatic carbocycles. The topological polar surface area (TPSA) is 90.7 Å². The van der Waals surface area contributed by atoms with E-state index in [0.29, 0.717) is 12.4 Å². The van der Waals surface area contributed by atoms with Crippen molar-refractivity contribution in [1.29, 1.82) is 0 Å². The summed E-state index contributed by atoms with van der Waals surface area (Å²) in [6, 6.07) is 16.0. The number of hydrogen-bond acceptors (Lipinski definition) is 4. The van der Waals surface area contributed by atoms with E-state index >= 15 is 0 Å². The fraction of sp³-hybridized carbons (Fsp3) is 0.263. The van der Waals surface area contributed by atoms with Crippen LogP contribution >= 0.6 is 0 Å². The number of ether oxygens (including phenoxy) is 2. The van der Waals surface area contributed by atoms with Crippen molar-refractivity contribution in [2.45, 2.75) is 19.1 Å². The number of rotatable bonds is 9. The lowest BCUT2D eigenvalue weighted by Gasteiger charge is -2.17. The van der Waals surface area contributed by atoms with E-state index < -0.39 is 17.9 Å². The molecular formula is C19H22N2O4. The summed E-state index contributed by atoms with van der Waals surface area (Å²) in [6.07, 6.45) is 0.254. The number of nitrogens with one attached hydrogen (secondary N) is 1. The minimum absolute atomic E-state index is 0.148. The minimum Gasteiger partial charge on any atom is -0.496 e. The first kappa shape index (κ1) is 18.5. The summed E-state index contributed by atoms with van der Waals surface area (Å²) in [4.78, 5) is 23.7. The highest BCUT2D eigenvalue weighted by molar-refractivity contribution is 5.87. The first-order valence-electron chi connectivity index (χ1n) is 7.92. The molecule has 6 heteroatoms. The molecular weight excluding hydrogens is 320 g/mol. The highest BCUT2D eigenvalue weighted by atomic mass is 16.5. The largest absolute Gasteiger partial charge is 0.496 e. The van der Waals surface area contributed by atoms with E-state index in [-0.39, 0.29) is 13.0 Å². The predicted octanol–water partition coefficient (Wildman–Crippen LogP) is 1.42. The molecule has 1 atom stereocenters. The molecule has 2 amide bonds. The molecule has 0 bridgehead atoms. The van der Waals surface area contributed by atoms with Gasteiger partial charge in [0.2, 0.25) is 11.8 Å². The van der Waals surface area contributed by atoms with Gasteiger partial charge in [-0.15, -0.1) is 0 Å². The summed E-state index contributed by atoms with van der Waals surface area (Å²) in [7, 11) is 1.55. The maximum atomic E-state index is 12.0. The molecule has 2 aromatic rings. The van der Waals surface area contributed by atoms with Crippen molar-refractivity contribution >= 4 is 11.8 Å². The summed E-state index contributed by atoms with van der Waals surface area (Å²) in [6.45, 7) is 0.173. The molecule has 0 radical (unpaired) electrons. The number of primary amides is 1. The van der Waals surface area contributed by atoms with Gasteiger partial charge in [0.25, 0.3) is 0 Å². The van der Waals surface area contributed by atoms with Gasteiger partial charge in [-0.3, -0.25) is 9.59 Å². The third-order valence-electron chi connectivity index (χ3n) is 3.64. The standard InChI is InChI=1S/C19H22N2O4/c1-24-17-10-6-5-9-15(17)11-16(19(20)23)21-18(22)13-25-12-14-7-3-2-4-8-14/h2-10,16H,11-13H2,1H3,(H2,20,23)(H,21,22)/t16-/m0/s1. The van der Waals surface area contributed by atoms with Gasteiger partial charge in [0.15, 0.2) is 0 Å². The highest BCUT2D eigenvalue weighted by Crippen LogP contribution is 2.18. The second kappa shape index (κ2) is 9.44. The van der Waals surface area contributed by atoms with Gasteiger partial charge in [0.1, 0.15) is 18.4 Å². The first-order valence-corrected chi connectivity index (χ1v) is 7.92. The molecule has 132 valence electrons. The Labute approximate surface area is 146 Å². The van der Waals surface area contributed by atoms with Crippen LogP contribution in [0, 0.1) is 0 Å². The fourth-order valence-electron chi connectivity index (χ4n) is 2.39. The molecule has 3 N–H and O–H groups in total. The molecule has 6 nitrogen and oxygen atoms in total. The Morgan fingerprint density at radius 1 is 1.08 bits per heavy atom. The highest BCUT2D eigenvalue weighted by Gasteiger charge is 2.20. The monoisotopic (exact) mass is 342 g/mol. The van der Waals surface area contributed by atoms with Crippen LogP contribution in [0.5, 0.6) is 5.75 Å². The first-order chi connectivity index (χ1) is 12.1. The van der Waals surface area contributed by atoms with E-state index in [4.69, 9.17) is 15.2 Å². The van der Waals surface area contributed by atoms with Crippen molar-refractivity contribution in [2.24, 2.45) is 5.73 Å². The van der Waals surface area contributed by atoms with E-state index in [1.807, 2.05) is 48.5 Å². The number of amides is 2. The molecule has 0 aliphatic carbocycles. The molecule has 0 saturated carbocycles. The quantitative estimate of drug-likeness (QED) is 0.721. The molecule has 2 rings (SSSR count). The van der Waals surface area contributed by atoms with Gasteiger partial charge < -0.3 is 20.5 Å². The second-order valence-electron chi connectivity index (χ2n) is 5.52. The molecule has 0 heterocycles. The molecule has 0 unspecified atom stereocenters. The van der Waals surface area contributed by atoms with Crippen LogP contribution in [0.3, 0.4) is 0 Å². The van der Waals surface area contributed by atoms with Gasteiger partial charge in [0.05, 0.1) is 13.7 Å². The Morgan fingerprint density at radius 3 is 2.44 bits per heavy atom. The van der Waals surface area contributed by atoms with Crippen LogP contribution in [0.4, 0.5) is 0 Å². The van der Waals surface area contributed by atoms with Gasteiger partial charge >= 0.3 is 0 Å². The number of hydrogen-bond donors (Lipinski definition) is 2. The summed E-state index contributed by atoms with van der Waals surface area (Å²) >= 11 is 0. The smallest absolute Gasteiger partial charge is 0.246 e. The molecule has 0 fully saturated rings. The van der Waals surface area contributed by atoms with Crippen LogP contribution in [0.2, 0.25) is 0 Å². The number of methoxy groups -OCH3 is 1. The van der Waals surface area contributed by atoms with Crippen molar-refractivity contribution in [1.82, 2.24) is 5.32 Å². The predicted molar refractivity (Wildman–Crippen MR) is 93.9 cm³/mol. The number of carbonyl (C=O) groups is 2. The van der Waals surface area contributed by atoms with Crippen molar-refractivity contribution in [2.75, 3.05) is 13.7 Å². The fourth-order valence-corrected chi connectivity index (χ4v) is 2.39. The molecule has 0 aliphatic rings. The van der Waals surface area contributed by atoms with Crippen LogP contribution < -0.4 is 15.8 Å². The van der Waals surface area contributed by atoms with Crippen molar-refractivity contribution in [3.63, 3.8) is 0 Å². The summed E-state index contributed by atoms with van der Waals surface area (Å²) in [5, 5.41) is 2.61. The molecule has 0 aliphatic heterocycles. The average Bonchev–Trinajstić information content (AvgIpc) is 2.62. The molecule has 25 heavy (non-hydrogen) atoms. The Bertz CT molecular complexity index is 704. The Hall–Kier alpha value is -2.86. The SMILES string of the molecule is COc1ccccc1C[C@H](NC(=O)COCc1ccccc1)C(N)=O. The Morgan fingerprint density at radius 2 is 1.76 bits per heavy atom. The van der Waals surface area contributed by atoms with Gasteiger partial charge in [-0.2, -0.15) is 0 Å². The van der Waals surface area contributed by atoms with E-state index in [0.717, 1.165) is 11.1 Å². The van der Waals surface area contributed by atoms with Crippen molar-refractivity contribution < 1.29 is 19.1 Å². The zero-order valence-electron chi connectivity index (χ0n) is 14.1. The zero-order valence-corrected chi connectivity index (χ0v) is 14.1. The van der Waals surface area contributed by atoms with Gasteiger partial charge in [-0.05, 0) is 17.2 Å². The lowest BCUT2D eigenvalue weighted by molar-refractivity contribution is -0.130. The number of benzene rings is 2. The van der Waals surface area contributed by atoms with E-state index in [9.17, 15) is 9.59 Å². The lowest BCUT2D eigenvalue weighted by Crippen LogP contribution is -2.47. The van der Waals surface area contributed by atoms with E-state index in [1.165, 1.54) is 0 Å². The number of para-hydroxylation sites is 1. The summed E-state index contributed by atoms with van der Waals surface area (Å²) in [5.41, 5.74) is 7.17. The summed E-state index contributed by atoms with van der Waals surface area (Å²) in [5.74, 6) is -0.361. The second-order valence-corrected chi connectivity index (χ2v) is 5.52. The van der Waals surface area contributed by atoms with Gasteiger partial charge in [0, 0.05) is 6.42 Å². The van der Waals surface area contributed by atoms with Crippen LogP contribution in [0.25, 0.3) is 0 Å². The van der Waals surface area contributed by atoms with Gasteiger partial charge in [-0.1, -0.05) is 48.5 Å². The van der Waals surface area contributed by atoms with Crippen molar-refractivity contribution in [3.8, 4) is 5.75 Å². The van der Waals surface area contributed by atoms with Crippen LogP contribution in [-0.4, -0.2) is 31.6 Å².